The fourth-order valence-corrected chi connectivity index (χ4v) is 3.57. The molecular formula is C11H13NS. The van der Waals surface area contributed by atoms with Crippen LogP contribution in [-0.2, 0) is 0 Å². The van der Waals surface area contributed by atoms with Crippen LogP contribution in [-0.4, -0.2) is 5.75 Å². The van der Waals surface area contributed by atoms with E-state index < -0.39 is 0 Å². The van der Waals surface area contributed by atoms with Crippen LogP contribution in [0.1, 0.15) is 24.4 Å². The highest BCUT2D eigenvalue weighted by molar-refractivity contribution is 7.99. The molecule has 2 aliphatic rings. The summed E-state index contributed by atoms with van der Waals surface area (Å²) in [5.74, 6) is 1.23. The number of hydrogen-bond acceptors (Lipinski definition) is 2. The molecule has 2 heteroatoms. The second-order valence-corrected chi connectivity index (χ2v) is 5.18. The molecule has 13 heavy (non-hydrogen) atoms. The van der Waals surface area contributed by atoms with Gasteiger partial charge >= 0.3 is 0 Å². The van der Waals surface area contributed by atoms with Crippen molar-refractivity contribution in [2.45, 2.75) is 23.8 Å². The van der Waals surface area contributed by atoms with E-state index in [2.05, 4.69) is 24.3 Å². The molecule has 0 aromatic heterocycles. The normalized spacial score (nSPS) is 28.5. The number of hydrogen-bond donors (Lipinski definition) is 1. The zero-order chi connectivity index (χ0) is 8.89. The molecule has 0 amide bonds. The summed E-state index contributed by atoms with van der Waals surface area (Å²) < 4.78 is 0. The van der Waals surface area contributed by atoms with E-state index in [0.717, 1.165) is 0 Å². The Labute approximate surface area is 82.7 Å². The van der Waals surface area contributed by atoms with Gasteiger partial charge in [-0.1, -0.05) is 18.2 Å². The lowest BCUT2D eigenvalue weighted by molar-refractivity contribution is 0.446. The van der Waals surface area contributed by atoms with Gasteiger partial charge in [0.2, 0.25) is 0 Å². The highest BCUT2D eigenvalue weighted by atomic mass is 32.2. The number of benzene rings is 1. The topological polar surface area (TPSA) is 26.0 Å². The Balaban J connectivity index is 2.08. The predicted molar refractivity (Wildman–Crippen MR) is 55.8 cm³/mol. The van der Waals surface area contributed by atoms with Crippen molar-refractivity contribution in [1.29, 1.82) is 0 Å². The molecule has 1 atom stereocenters. The SMILES string of the molecule is NC1c2ccccc2SCC12CC2. The molecule has 1 aromatic rings. The molecule has 1 unspecified atom stereocenters. The molecule has 2 N–H and O–H groups in total. The Morgan fingerprint density at radius 1 is 1.31 bits per heavy atom. The van der Waals surface area contributed by atoms with Crippen molar-refractivity contribution < 1.29 is 0 Å². The first-order chi connectivity index (χ1) is 6.32. The van der Waals surface area contributed by atoms with Crippen LogP contribution in [0.15, 0.2) is 29.2 Å². The molecule has 1 heterocycles. The highest BCUT2D eigenvalue weighted by Gasteiger charge is 2.50. The first kappa shape index (κ1) is 7.89. The van der Waals surface area contributed by atoms with Gasteiger partial charge in [-0.15, -0.1) is 11.8 Å². The summed E-state index contributed by atoms with van der Waals surface area (Å²) in [6, 6.07) is 8.87. The van der Waals surface area contributed by atoms with E-state index >= 15 is 0 Å². The van der Waals surface area contributed by atoms with Crippen molar-refractivity contribution >= 4 is 11.8 Å². The van der Waals surface area contributed by atoms with Gasteiger partial charge < -0.3 is 5.73 Å². The second kappa shape index (κ2) is 2.52. The summed E-state index contributed by atoms with van der Waals surface area (Å²) in [4.78, 5) is 1.40. The lowest BCUT2D eigenvalue weighted by Gasteiger charge is -2.30. The minimum atomic E-state index is 0.296. The lowest BCUT2D eigenvalue weighted by Crippen LogP contribution is -2.28. The Bertz CT molecular complexity index is 344. The zero-order valence-electron chi connectivity index (χ0n) is 7.49. The molecule has 0 bridgehead atoms. The van der Waals surface area contributed by atoms with Gasteiger partial charge in [0, 0.05) is 16.7 Å². The van der Waals surface area contributed by atoms with Crippen molar-refractivity contribution in [3.05, 3.63) is 29.8 Å². The maximum absolute atomic E-state index is 6.27. The number of nitrogens with two attached hydrogens (primary N) is 1. The highest BCUT2D eigenvalue weighted by Crippen LogP contribution is 2.60. The second-order valence-electron chi connectivity index (χ2n) is 4.17. The third kappa shape index (κ3) is 1.05. The van der Waals surface area contributed by atoms with Crippen LogP contribution in [0.3, 0.4) is 0 Å². The number of fused-ring (bicyclic) bond motifs is 1. The number of rotatable bonds is 0. The van der Waals surface area contributed by atoms with Crippen molar-refractivity contribution in [3.8, 4) is 0 Å². The summed E-state index contributed by atoms with van der Waals surface area (Å²) in [5, 5.41) is 0. The Kier molecular flexibility index (Phi) is 1.53. The largest absolute Gasteiger partial charge is 0.323 e. The van der Waals surface area contributed by atoms with Gasteiger partial charge in [-0.2, -0.15) is 0 Å². The monoisotopic (exact) mass is 191 g/mol. The third-order valence-corrected chi connectivity index (χ3v) is 4.72. The first-order valence-electron chi connectivity index (χ1n) is 4.79. The summed E-state index contributed by atoms with van der Waals surface area (Å²) in [7, 11) is 0. The van der Waals surface area contributed by atoms with Crippen LogP contribution < -0.4 is 5.73 Å². The van der Waals surface area contributed by atoms with Crippen LogP contribution in [0.2, 0.25) is 0 Å². The van der Waals surface area contributed by atoms with Gasteiger partial charge in [0.15, 0.2) is 0 Å². The summed E-state index contributed by atoms with van der Waals surface area (Å²) in [6.45, 7) is 0. The average molecular weight is 191 g/mol. The molecule has 1 saturated carbocycles. The molecular weight excluding hydrogens is 178 g/mol. The van der Waals surface area contributed by atoms with Crippen LogP contribution in [0.5, 0.6) is 0 Å². The standard InChI is InChI=1S/C11H13NS/c12-10-8-3-1-2-4-9(8)13-7-11(10)5-6-11/h1-4,10H,5-7,12H2. The number of thioether (sulfide) groups is 1. The summed E-state index contributed by atoms with van der Waals surface area (Å²) in [6.07, 6.45) is 2.66. The Morgan fingerprint density at radius 3 is 2.85 bits per heavy atom. The van der Waals surface area contributed by atoms with E-state index in [1.807, 2.05) is 11.8 Å². The minimum Gasteiger partial charge on any atom is -0.323 e. The van der Waals surface area contributed by atoms with E-state index in [1.54, 1.807) is 0 Å². The van der Waals surface area contributed by atoms with Crippen molar-refractivity contribution in [2.75, 3.05) is 5.75 Å². The predicted octanol–water partition coefficient (Wildman–Crippen LogP) is 2.57. The summed E-state index contributed by atoms with van der Waals surface area (Å²) in [5.41, 5.74) is 8.12. The average Bonchev–Trinajstić information content (AvgIpc) is 2.94. The van der Waals surface area contributed by atoms with Gasteiger partial charge in [-0.3, -0.25) is 0 Å². The fourth-order valence-electron chi connectivity index (χ4n) is 2.13. The molecule has 1 fully saturated rings. The zero-order valence-corrected chi connectivity index (χ0v) is 8.31. The molecule has 1 nitrogen and oxygen atoms in total. The van der Waals surface area contributed by atoms with E-state index in [0.29, 0.717) is 11.5 Å². The molecule has 1 aliphatic carbocycles. The molecule has 68 valence electrons. The maximum atomic E-state index is 6.27. The molecule has 0 radical (unpaired) electrons. The Hall–Kier alpha value is -0.470. The molecule has 3 rings (SSSR count). The lowest BCUT2D eigenvalue weighted by atomic mass is 9.92. The van der Waals surface area contributed by atoms with Crippen LogP contribution >= 0.6 is 11.8 Å². The van der Waals surface area contributed by atoms with Crippen molar-refractivity contribution in [1.82, 2.24) is 0 Å². The maximum Gasteiger partial charge on any atom is 0.0371 e. The molecule has 1 aromatic carbocycles. The van der Waals surface area contributed by atoms with Crippen LogP contribution in [0.25, 0.3) is 0 Å². The first-order valence-corrected chi connectivity index (χ1v) is 5.78. The van der Waals surface area contributed by atoms with E-state index in [4.69, 9.17) is 5.73 Å². The van der Waals surface area contributed by atoms with Crippen LogP contribution in [0, 0.1) is 5.41 Å². The molecule has 1 aliphatic heterocycles. The molecule has 1 spiro atoms. The third-order valence-electron chi connectivity index (χ3n) is 3.32. The van der Waals surface area contributed by atoms with E-state index in [9.17, 15) is 0 Å². The Morgan fingerprint density at radius 2 is 2.08 bits per heavy atom. The van der Waals surface area contributed by atoms with Gasteiger partial charge in [0.05, 0.1) is 0 Å². The van der Waals surface area contributed by atoms with E-state index in [-0.39, 0.29) is 0 Å². The smallest absolute Gasteiger partial charge is 0.0371 e. The van der Waals surface area contributed by atoms with E-state index in [1.165, 1.54) is 29.1 Å². The molecule has 0 saturated heterocycles. The fraction of sp³-hybridized carbons (Fsp3) is 0.455. The van der Waals surface area contributed by atoms with Gasteiger partial charge in [0.1, 0.15) is 0 Å². The van der Waals surface area contributed by atoms with Gasteiger partial charge in [-0.25, -0.2) is 0 Å². The van der Waals surface area contributed by atoms with Crippen LogP contribution in [0.4, 0.5) is 0 Å². The van der Waals surface area contributed by atoms with Gasteiger partial charge in [0.25, 0.3) is 0 Å². The van der Waals surface area contributed by atoms with Crippen molar-refractivity contribution in [3.63, 3.8) is 0 Å². The summed E-state index contributed by atoms with van der Waals surface area (Å²) >= 11 is 1.98. The van der Waals surface area contributed by atoms with Crippen molar-refractivity contribution in [2.24, 2.45) is 11.1 Å². The quantitative estimate of drug-likeness (QED) is 0.682. The van der Waals surface area contributed by atoms with Gasteiger partial charge in [-0.05, 0) is 29.9 Å². The minimum absolute atomic E-state index is 0.296.